The summed E-state index contributed by atoms with van der Waals surface area (Å²) in [6.07, 6.45) is 0. The van der Waals surface area contributed by atoms with Crippen LogP contribution in [-0.4, -0.2) is 4.92 Å². The van der Waals surface area contributed by atoms with E-state index in [0.717, 1.165) is 4.47 Å². The molecule has 0 spiro atoms. The minimum absolute atomic E-state index is 0.0559. The first kappa shape index (κ1) is 15.5. The van der Waals surface area contributed by atoms with Gasteiger partial charge in [0.15, 0.2) is 0 Å². The molecular weight excluding hydrogens is 334 g/mol. The van der Waals surface area contributed by atoms with Gasteiger partial charge in [-0.05, 0) is 29.2 Å². The first-order chi connectivity index (χ1) is 9.77. The molecule has 110 valence electrons. The maximum absolute atomic E-state index is 11.0. The lowest BCUT2D eigenvalue weighted by atomic mass is 9.87. The van der Waals surface area contributed by atoms with E-state index in [4.69, 9.17) is 4.74 Å². The van der Waals surface area contributed by atoms with Crippen LogP contribution in [0.1, 0.15) is 26.3 Å². The second-order valence-electron chi connectivity index (χ2n) is 5.75. The van der Waals surface area contributed by atoms with Crippen LogP contribution < -0.4 is 4.74 Å². The predicted octanol–water partition coefficient (Wildman–Crippen LogP) is 5.45. The summed E-state index contributed by atoms with van der Waals surface area (Å²) in [6.45, 7) is 6.38. The molecule has 0 amide bonds. The summed E-state index contributed by atoms with van der Waals surface area (Å²) in [7, 11) is 0. The van der Waals surface area contributed by atoms with E-state index in [1.807, 2.05) is 24.3 Å². The van der Waals surface area contributed by atoms with Gasteiger partial charge in [0, 0.05) is 16.6 Å². The van der Waals surface area contributed by atoms with Crippen LogP contribution in [0.4, 0.5) is 5.69 Å². The Morgan fingerprint density at radius 3 is 2.24 bits per heavy atom. The standard InChI is InChI=1S/C16H16BrNO3/c1-16(2,3)11-4-7-13(8-5-11)21-15-10-12(17)6-9-14(15)18(19)20/h4-10H,1-3H3. The van der Waals surface area contributed by atoms with Crippen LogP contribution in [0.15, 0.2) is 46.9 Å². The lowest BCUT2D eigenvalue weighted by Crippen LogP contribution is -2.10. The van der Waals surface area contributed by atoms with Crippen molar-refractivity contribution < 1.29 is 9.66 Å². The number of nitrogens with zero attached hydrogens (tertiary/aromatic N) is 1. The molecule has 21 heavy (non-hydrogen) atoms. The normalized spacial score (nSPS) is 11.2. The van der Waals surface area contributed by atoms with Gasteiger partial charge in [-0.2, -0.15) is 0 Å². The lowest BCUT2D eigenvalue weighted by Gasteiger charge is -2.19. The smallest absolute Gasteiger partial charge is 0.311 e. The molecule has 0 heterocycles. The third kappa shape index (κ3) is 3.82. The Bertz CT molecular complexity index is 660. The molecule has 0 aliphatic rings. The summed E-state index contributed by atoms with van der Waals surface area (Å²) in [5, 5.41) is 11.0. The van der Waals surface area contributed by atoms with Gasteiger partial charge in [0.05, 0.1) is 4.92 Å². The van der Waals surface area contributed by atoms with Crippen LogP contribution in [0.5, 0.6) is 11.5 Å². The minimum atomic E-state index is -0.453. The Balaban J connectivity index is 2.30. The number of halogens is 1. The SMILES string of the molecule is CC(C)(C)c1ccc(Oc2cc(Br)ccc2[N+](=O)[O-])cc1. The minimum Gasteiger partial charge on any atom is -0.450 e. The van der Waals surface area contributed by atoms with Crippen molar-refractivity contribution in [3.05, 3.63) is 62.6 Å². The highest BCUT2D eigenvalue weighted by molar-refractivity contribution is 9.10. The molecule has 0 N–H and O–H groups in total. The molecule has 0 aliphatic heterocycles. The maximum atomic E-state index is 11.0. The van der Waals surface area contributed by atoms with Crippen molar-refractivity contribution in [2.24, 2.45) is 0 Å². The number of nitro groups is 1. The average molecular weight is 350 g/mol. The van der Waals surface area contributed by atoms with Gasteiger partial charge in [0.1, 0.15) is 5.75 Å². The highest BCUT2D eigenvalue weighted by atomic mass is 79.9. The van der Waals surface area contributed by atoms with Gasteiger partial charge in [-0.25, -0.2) is 0 Å². The molecule has 0 aromatic heterocycles. The molecule has 0 radical (unpaired) electrons. The van der Waals surface area contributed by atoms with Gasteiger partial charge in [0.2, 0.25) is 5.75 Å². The zero-order valence-corrected chi connectivity index (χ0v) is 13.7. The molecule has 0 aliphatic carbocycles. The third-order valence-electron chi connectivity index (χ3n) is 3.07. The van der Waals surface area contributed by atoms with Crippen LogP contribution in [0, 0.1) is 10.1 Å². The van der Waals surface area contributed by atoms with E-state index < -0.39 is 4.92 Å². The number of benzene rings is 2. The lowest BCUT2D eigenvalue weighted by molar-refractivity contribution is -0.385. The molecule has 0 saturated carbocycles. The van der Waals surface area contributed by atoms with E-state index in [-0.39, 0.29) is 16.9 Å². The number of ether oxygens (including phenoxy) is 1. The van der Waals surface area contributed by atoms with E-state index in [1.165, 1.54) is 11.6 Å². The van der Waals surface area contributed by atoms with E-state index in [2.05, 4.69) is 36.7 Å². The molecule has 0 saturated heterocycles. The van der Waals surface area contributed by atoms with Crippen molar-refractivity contribution in [3.8, 4) is 11.5 Å². The fourth-order valence-electron chi connectivity index (χ4n) is 1.87. The quantitative estimate of drug-likeness (QED) is 0.547. The highest BCUT2D eigenvalue weighted by Gasteiger charge is 2.17. The van der Waals surface area contributed by atoms with Crippen LogP contribution in [-0.2, 0) is 5.41 Å². The van der Waals surface area contributed by atoms with Crippen molar-refractivity contribution in [3.63, 3.8) is 0 Å². The molecule has 4 nitrogen and oxygen atoms in total. The first-order valence-corrected chi connectivity index (χ1v) is 7.29. The van der Waals surface area contributed by atoms with Crippen molar-refractivity contribution in [1.29, 1.82) is 0 Å². The molecule has 2 aromatic rings. The van der Waals surface area contributed by atoms with E-state index in [0.29, 0.717) is 5.75 Å². The molecule has 0 atom stereocenters. The van der Waals surface area contributed by atoms with Gasteiger partial charge in [-0.1, -0.05) is 48.8 Å². The summed E-state index contributed by atoms with van der Waals surface area (Å²) in [6, 6.07) is 12.2. The van der Waals surface area contributed by atoms with Crippen LogP contribution in [0.2, 0.25) is 0 Å². The molecule has 0 fully saturated rings. The van der Waals surface area contributed by atoms with Crippen molar-refractivity contribution in [2.45, 2.75) is 26.2 Å². The Morgan fingerprint density at radius 2 is 1.71 bits per heavy atom. The Labute approximate surface area is 132 Å². The van der Waals surface area contributed by atoms with Crippen molar-refractivity contribution >= 4 is 21.6 Å². The maximum Gasteiger partial charge on any atom is 0.311 e. The van der Waals surface area contributed by atoms with Gasteiger partial charge >= 0.3 is 5.69 Å². The molecule has 2 aromatic carbocycles. The van der Waals surface area contributed by atoms with Crippen LogP contribution in [0.25, 0.3) is 0 Å². The number of nitro benzene ring substituents is 1. The second-order valence-corrected chi connectivity index (χ2v) is 6.66. The van der Waals surface area contributed by atoms with Crippen molar-refractivity contribution in [2.75, 3.05) is 0 Å². The zero-order chi connectivity index (χ0) is 15.6. The Hall–Kier alpha value is -1.88. The topological polar surface area (TPSA) is 52.4 Å². The third-order valence-corrected chi connectivity index (χ3v) is 3.56. The molecule has 5 heteroatoms. The van der Waals surface area contributed by atoms with Gasteiger partial charge < -0.3 is 4.74 Å². The average Bonchev–Trinajstić information content (AvgIpc) is 2.38. The molecule has 2 rings (SSSR count). The summed E-state index contributed by atoms with van der Waals surface area (Å²) < 4.78 is 6.38. The first-order valence-electron chi connectivity index (χ1n) is 6.50. The van der Waals surface area contributed by atoms with E-state index in [1.54, 1.807) is 12.1 Å². The number of rotatable bonds is 3. The largest absolute Gasteiger partial charge is 0.450 e. The summed E-state index contributed by atoms with van der Waals surface area (Å²) in [4.78, 5) is 10.6. The highest BCUT2D eigenvalue weighted by Crippen LogP contribution is 2.34. The Kier molecular flexibility index (Phi) is 4.32. The fraction of sp³-hybridized carbons (Fsp3) is 0.250. The number of hydrogen-bond acceptors (Lipinski definition) is 3. The number of hydrogen-bond donors (Lipinski definition) is 0. The van der Waals surface area contributed by atoms with E-state index >= 15 is 0 Å². The van der Waals surface area contributed by atoms with E-state index in [9.17, 15) is 10.1 Å². The summed E-state index contributed by atoms with van der Waals surface area (Å²) in [5.41, 5.74) is 1.18. The monoisotopic (exact) mass is 349 g/mol. The van der Waals surface area contributed by atoms with Crippen LogP contribution >= 0.6 is 15.9 Å². The van der Waals surface area contributed by atoms with Gasteiger partial charge in [-0.15, -0.1) is 0 Å². The molecule has 0 bridgehead atoms. The van der Waals surface area contributed by atoms with Gasteiger partial charge in [0.25, 0.3) is 0 Å². The Morgan fingerprint density at radius 1 is 1.10 bits per heavy atom. The zero-order valence-electron chi connectivity index (χ0n) is 12.1. The summed E-state index contributed by atoms with van der Waals surface area (Å²) >= 11 is 3.29. The second kappa shape index (κ2) is 5.85. The van der Waals surface area contributed by atoms with Crippen LogP contribution in [0.3, 0.4) is 0 Å². The predicted molar refractivity (Wildman–Crippen MR) is 86.0 cm³/mol. The fourth-order valence-corrected chi connectivity index (χ4v) is 2.21. The molecular formula is C16H16BrNO3. The molecule has 0 unspecified atom stereocenters. The summed E-state index contributed by atoms with van der Waals surface area (Å²) in [5.74, 6) is 0.794. The van der Waals surface area contributed by atoms with Crippen molar-refractivity contribution in [1.82, 2.24) is 0 Å². The van der Waals surface area contributed by atoms with Gasteiger partial charge in [-0.3, -0.25) is 10.1 Å².